The van der Waals surface area contributed by atoms with Gasteiger partial charge in [0.15, 0.2) is 0 Å². The Labute approximate surface area is 282 Å². The van der Waals surface area contributed by atoms with Crippen molar-refractivity contribution in [2.75, 3.05) is 51.3 Å². The van der Waals surface area contributed by atoms with Crippen molar-refractivity contribution < 1.29 is 41.8 Å². The molecule has 0 saturated heterocycles. The molecule has 1 aliphatic heterocycles. The van der Waals surface area contributed by atoms with Crippen LogP contribution in [-0.2, 0) is 47.0 Å². The molecule has 0 atom stereocenters. The first-order valence-corrected chi connectivity index (χ1v) is 17.6. The Morgan fingerprint density at radius 2 is 1.94 bits per heavy atom. The second-order valence-electron chi connectivity index (χ2n) is 11.8. The number of hydrogen-bond donors (Lipinski definition) is 4. The fraction of sp³-hybridized carbons (Fsp3) is 0.500. The third-order valence-electron chi connectivity index (χ3n) is 6.71. The van der Waals surface area contributed by atoms with Gasteiger partial charge in [0.1, 0.15) is 24.5 Å². The summed E-state index contributed by atoms with van der Waals surface area (Å²) in [6, 6.07) is 8.32. The van der Waals surface area contributed by atoms with Crippen LogP contribution in [0.4, 0.5) is 15.4 Å². The first-order chi connectivity index (χ1) is 22.7. The zero-order valence-corrected chi connectivity index (χ0v) is 28.9. The molecule has 0 saturated carbocycles. The van der Waals surface area contributed by atoms with Crippen molar-refractivity contribution in [1.29, 1.82) is 0 Å². The van der Waals surface area contributed by atoms with Crippen LogP contribution in [0.2, 0.25) is 0 Å². The van der Waals surface area contributed by atoms with Gasteiger partial charge in [0.2, 0.25) is 10.2 Å². The first-order valence-electron chi connectivity index (χ1n) is 15.3. The zero-order valence-electron chi connectivity index (χ0n) is 27.3. The maximum Gasteiger partial charge on any atom is 0.407 e. The number of esters is 1. The molecule has 16 nitrogen and oxygen atoms in total. The molecule has 1 aromatic carbocycles. The minimum Gasteiger partial charge on any atom is -0.465 e. The number of anilines is 1. The first kappa shape index (κ1) is 36.6. The number of H-pyrrole nitrogens is 1. The van der Waals surface area contributed by atoms with Crippen LogP contribution in [0.5, 0.6) is 0 Å². The summed E-state index contributed by atoms with van der Waals surface area (Å²) in [6.07, 6.45) is 0.0744. The van der Waals surface area contributed by atoms with Gasteiger partial charge in [-0.3, -0.25) is 14.9 Å². The van der Waals surface area contributed by atoms with Crippen LogP contribution in [0.25, 0.3) is 10.2 Å². The number of ether oxygens (including phenoxy) is 3. The number of nitrogens with zero attached hydrogens (tertiary/aromatic N) is 3. The van der Waals surface area contributed by atoms with Gasteiger partial charge in [0.05, 0.1) is 30.0 Å². The Hall–Kier alpha value is -4.26. The quantitative estimate of drug-likeness (QED) is 0.127. The summed E-state index contributed by atoms with van der Waals surface area (Å²) in [5, 5.41) is 5.39. The van der Waals surface area contributed by atoms with E-state index in [1.54, 1.807) is 52.0 Å². The number of carbonyl (C=O) groups excluding carboxylic acids is 4. The molecule has 0 fully saturated rings. The Bertz CT molecular complexity index is 1680. The van der Waals surface area contributed by atoms with E-state index in [0.29, 0.717) is 41.3 Å². The van der Waals surface area contributed by atoms with E-state index in [2.05, 4.69) is 25.3 Å². The number of fused-ring (bicyclic) bond motifs is 2. The number of urea groups is 1. The van der Waals surface area contributed by atoms with E-state index in [0.717, 1.165) is 21.8 Å². The largest absolute Gasteiger partial charge is 0.465 e. The van der Waals surface area contributed by atoms with E-state index < -0.39 is 46.2 Å². The minimum absolute atomic E-state index is 0.102. The number of alkyl carbamates (subject to hydrolysis) is 1. The SMILES string of the molecule is CCOC(=O)CN(CCNS(=O)(=O)c1nc2ccccc2s1)C(=O)CN1Cc2cc(COCCCNC(=O)OC(C)(C)C)[nH]c2NC1=O. The van der Waals surface area contributed by atoms with Crippen molar-refractivity contribution >= 4 is 61.4 Å². The second-order valence-corrected chi connectivity index (χ2v) is 14.8. The third-order valence-corrected chi connectivity index (χ3v) is 9.58. The van der Waals surface area contributed by atoms with Crippen molar-refractivity contribution in [2.45, 2.75) is 57.2 Å². The maximum atomic E-state index is 13.3. The van der Waals surface area contributed by atoms with E-state index >= 15 is 0 Å². The topological polar surface area (TPSA) is 201 Å². The van der Waals surface area contributed by atoms with Crippen LogP contribution in [-0.4, -0.2) is 104 Å². The highest BCUT2D eigenvalue weighted by atomic mass is 32.2. The lowest BCUT2D eigenvalue weighted by Crippen LogP contribution is -2.49. The van der Waals surface area contributed by atoms with Crippen molar-refractivity contribution in [2.24, 2.45) is 0 Å². The third kappa shape index (κ3) is 10.6. The molecular weight excluding hydrogens is 667 g/mol. The van der Waals surface area contributed by atoms with Gasteiger partial charge in [0.25, 0.3) is 10.0 Å². The predicted molar refractivity (Wildman–Crippen MR) is 177 cm³/mol. The average molecular weight is 708 g/mol. The van der Waals surface area contributed by atoms with Crippen molar-refractivity contribution in [1.82, 2.24) is 29.8 Å². The van der Waals surface area contributed by atoms with Gasteiger partial charge in [-0.2, -0.15) is 0 Å². The van der Waals surface area contributed by atoms with E-state index in [1.807, 2.05) is 6.07 Å². The molecule has 0 bridgehead atoms. The second kappa shape index (κ2) is 16.2. The van der Waals surface area contributed by atoms with Gasteiger partial charge in [-0.1, -0.05) is 12.1 Å². The summed E-state index contributed by atoms with van der Waals surface area (Å²) in [7, 11) is -3.98. The number of para-hydroxylation sites is 1. The normalized spacial score (nSPS) is 13.2. The zero-order chi connectivity index (χ0) is 34.9. The summed E-state index contributed by atoms with van der Waals surface area (Å²) >= 11 is 1.02. The maximum absolute atomic E-state index is 13.3. The summed E-state index contributed by atoms with van der Waals surface area (Å²) in [5.41, 5.74) is 1.41. The lowest BCUT2D eigenvalue weighted by molar-refractivity contribution is -0.149. The van der Waals surface area contributed by atoms with Crippen LogP contribution in [0.3, 0.4) is 0 Å². The fourth-order valence-corrected chi connectivity index (χ4v) is 6.87. The summed E-state index contributed by atoms with van der Waals surface area (Å²) in [5.74, 6) is -0.748. The van der Waals surface area contributed by atoms with E-state index in [1.165, 1.54) is 4.90 Å². The molecule has 0 spiro atoms. The highest BCUT2D eigenvalue weighted by Gasteiger charge is 2.29. The van der Waals surface area contributed by atoms with Crippen LogP contribution in [0.15, 0.2) is 34.7 Å². The molecule has 3 aromatic rings. The summed E-state index contributed by atoms with van der Waals surface area (Å²) in [4.78, 5) is 59.9. The number of rotatable bonds is 16. The Morgan fingerprint density at radius 1 is 1.17 bits per heavy atom. The van der Waals surface area contributed by atoms with Crippen LogP contribution in [0.1, 0.15) is 45.4 Å². The molecule has 0 unspecified atom stereocenters. The van der Waals surface area contributed by atoms with Gasteiger partial charge in [-0.25, -0.2) is 27.7 Å². The monoisotopic (exact) mass is 707 g/mol. The number of carbonyl (C=O) groups is 4. The van der Waals surface area contributed by atoms with Gasteiger partial charge in [-0.15, -0.1) is 11.3 Å². The number of benzene rings is 1. The smallest absolute Gasteiger partial charge is 0.407 e. The standard InChI is InChI=1S/C30H41N7O9S2/c1-5-45-25(39)18-36(13-12-32-48(42,43)29-34-22-9-6-7-10-23(22)47-29)24(38)17-37-16-20-15-21(33-26(20)35-27(37)40)19-44-14-8-11-31-28(41)46-30(2,3)4/h6-7,9-10,15,32-33H,5,8,11-14,16-19H2,1-4H3,(H,31,41)(H,35,40). The molecule has 3 heterocycles. The highest BCUT2D eigenvalue weighted by molar-refractivity contribution is 7.91. The number of hydrogen-bond acceptors (Lipinski definition) is 11. The molecule has 0 radical (unpaired) electrons. The average Bonchev–Trinajstić information content (AvgIpc) is 3.62. The Kier molecular flexibility index (Phi) is 12.4. The molecule has 262 valence electrons. The van der Waals surface area contributed by atoms with Crippen molar-refractivity contribution in [3.8, 4) is 0 Å². The summed E-state index contributed by atoms with van der Waals surface area (Å²) in [6.45, 7) is 7.06. The van der Waals surface area contributed by atoms with Gasteiger partial charge < -0.3 is 34.3 Å². The lowest BCUT2D eigenvalue weighted by atomic mass is 10.2. The number of aromatic amines is 1. The molecule has 0 aliphatic carbocycles. The minimum atomic E-state index is -3.98. The Morgan fingerprint density at radius 3 is 2.67 bits per heavy atom. The lowest BCUT2D eigenvalue weighted by Gasteiger charge is -2.29. The van der Waals surface area contributed by atoms with E-state index in [4.69, 9.17) is 14.2 Å². The van der Waals surface area contributed by atoms with Crippen LogP contribution < -0.4 is 15.4 Å². The van der Waals surface area contributed by atoms with E-state index in [9.17, 15) is 27.6 Å². The molecule has 4 N–H and O–H groups in total. The number of aromatic nitrogens is 2. The molecule has 2 aromatic heterocycles. The van der Waals surface area contributed by atoms with Crippen molar-refractivity contribution in [3.05, 3.63) is 41.6 Å². The van der Waals surface area contributed by atoms with Gasteiger partial charge in [-0.05, 0) is 52.3 Å². The fourth-order valence-electron chi connectivity index (χ4n) is 4.59. The molecule has 1 aliphatic rings. The molecule has 18 heteroatoms. The number of sulfonamides is 1. The number of nitrogens with one attached hydrogen (secondary N) is 4. The van der Waals surface area contributed by atoms with Crippen molar-refractivity contribution in [3.63, 3.8) is 0 Å². The predicted octanol–water partition coefficient (Wildman–Crippen LogP) is 2.77. The molecular formula is C30H41N7O9S2. The summed E-state index contributed by atoms with van der Waals surface area (Å²) < 4.78 is 44.7. The highest BCUT2D eigenvalue weighted by Crippen LogP contribution is 2.26. The van der Waals surface area contributed by atoms with Gasteiger partial charge in [0, 0.05) is 37.5 Å². The van der Waals surface area contributed by atoms with E-state index in [-0.39, 0.29) is 43.7 Å². The number of thiazole rings is 1. The molecule has 4 rings (SSSR count). The Balaban J connectivity index is 1.28. The van der Waals surface area contributed by atoms with Crippen LogP contribution >= 0.6 is 11.3 Å². The molecule has 48 heavy (non-hydrogen) atoms. The van der Waals surface area contributed by atoms with Crippen LogP contribution in [0, 0.1) is 0 Å². The van der Waals surface area contributed by atoms with Gasteiger partial charge >= 0.3 is 18.1 Å². The molecule has 4 amide bonds. The number of amides is 4.